The zero-order valence-corrected chi connectivity index (χ0v) is 18.9. The molecular formula is C31H26BN. The second-order valence-electron chi connectivity index (χ2n) is 8.81. The molecule has 2 radical (unpaired) electrons. The summed E-state index contributed by atoms with van der Waals surface area (Å²) in [6.07, 6.45) is 4.62. The number of rotatable bonds is 6. The normalized spacial score (nSPS) is 15.3. The van der Waals surface area contributed by atoms with Gasteiger partial charge in [0.25, 0.3) is 0 Å². The third-order valence-corrected chi connectivity index (χ3v) is 6.45. The highest BCUT2D eigenvalue weighted by atomic mass is 14.8. The zero-order valence-electron chi connectivity index (χ0n) is 18.9. The van der Waals surface area contributed by atoms with E-state index in [4.69, 9.17) is 12.8 Å². The Balaban J connectivity index is 1.56. The van der Waals surface area contributed by atoms with Gasteiger partial charge in [-0.05, 0) is 53.7 Å². The molecule has 0 bridgehead atoms. The summed E-state index contributed by atoms with van der Waals surface area (Å²) in [4.78, 5) is 5.14. The summed E-state index contributed by atoms with van der Waals surface area (Å²) in [6.45, 7) is 2.09. The topological polar surface area (TPSA) is 12.4 Å². The Bertz CT molecular complexity index is 1280. The van der Waals surface area contributed by atoms with Crippen molar-refractivity contribution in [2.75, 3.05) is 0 Å². The lowest BCUT2D eigenvalue weighted by Crippen LogP contribution is -2.08. The smallest absolute Gasteiger partial charge is 0.113 e. The van der Waals surface area contributed by atoms with Crippen molar-refractivity contribution in [2.24, 2.45) is 4.99 Å². The second-order valence-corrected chi connectivity index (χ2v) is 8.81. The first-order chi connectivity index (χ1) is 16.1. The van der Waals surface area contributed by atoms with E-state index in [1.807, 2.05) is 24.3 Å². The lowest BCUT2D eigenvalue weighted by molar-refractivity contribution is 0.892. The van der Waals surface area contributed by atoms with Crippen LogP contribution in [0.25, 0.3) is 16.8 Å². The molecule has 0 unspecified atom stereocenters. The minimum atomic E-state index is 0.0294. The van der Waals surface area contributed by atoms with E-state index in [9.17, 15) is 0 Å². The summed E-state index contributed by atoms with van der Waals surface area (Å²) in [5, 5.41) is 0. The van der Waals surface area contributed by atoms with E-state index in [1.54, 1.807) is 0 Å². The molecule has 0 heterocycles. The van der Waals surface area contributed by atoms with Gasteiger partial charge in [-0.1, -0.05) is 115 Å². The van der Waals surface area contributed by atoms with E-state index < -0.39 is 0 Å². The zero-order chi connectivity index (χ0) is 22.7. The van der Waals surface area contributed by atoms with E-state index in [1.165, 1.54) is 16.7 Å². The van der Waals surface area contributed by atoms with E-state index in [0.29, 0.717) is 0 Å². The third-order valence-electron chi connectivity index (χ3n) is 6.45. The molecule has 4 aromatic carbocycles. The predicted octanol–water partition coefficient (Wildman–Crippen LogP) is 6.73. The minimum absolute atomic E-state index is 0.0294. The molecule has 0 N–H and O–H groups in total. The predicted molar refractivity (Wildman–Crippen MR) is 141 cm³/mol. The van der Waals surface area contributed by atoms with Crippen LogP contribution < -0.4 is 5.46 Å². The van der Waals surface area contributed by atoms with Crippen LogP contribution in [0, 0.1) is 0 Å². The van der Waals surface area contributed by atoms with Crippen molar-refractivity contribution in [3.8, 4) is 11.1 Å². The molecule has 0 atom stereocenters. The number of aliphatic imine (C=N–C) groups is 1. The second kappa shape index (κ2) is 9.07. The van der Waals surface area contributed by atoms with Gasteiger partial charge in [0.15, 0.2) is 0 Å². The van der Waals surface area contributed by atoms with Gasteiger partial charge in [0.05, 0.1) is 5.70 Å². The average molecular weight is 423 g/mol. The summed E-state index contributed by atoms with van der Waals surface area (Å²) in [5.74, 6) is 0. The fourth-order valence-electron chi connectivity index (χ4n) is 4.30. The molecule has 1 nitrogen and oxygen atoms in total. The first-order valence-electron chi connectivity index (χ1n) is 11.5. The first kappa shape index (κ1) is 21.2. The molecule has 33 heavy (non-hydrogen) atoms. The molecule has 0 aromatic heterocycles. The maximum Gasteiger partial charge on any atom is 0.113 e. The van der Waals surface area contributed by atoms with Crippen LogP contribution in [-0.4, -0.2) is 13.6 Å². The van der Waals surface area contributed by atoms with Gasteiger partial charge in [-0.25, -0.2) is 0 Å². The third kappa shape index (κ3) is 4.76. The van der Waals surface area contributed by atoms with Gasteiger partial charge in [-0.3, -0.25) is 4.99 Å². The van der Waals surface area contributed by atoms with Crippen LogP contribution in [0.3, 0.4) is 0 Å². The standard InChI is InChI=1S/C31H26BN/c1-23(24-8-4-2-5-9-24)33-30(22-31(20-21-31)28-16-18-29(32)19-17-28)27-14-12-26(13-15-27)25-10-6-3-7-11-25/h2-19,22H,20-21H2,1H3/b30-22-,33-23?. The maximum atomic E-state index is 5.94. The fourth-order valence-corrected chi connectivity index (χ4v) is 4.30. The first-order valence-corrected chi connectivity index (χ1v) is 11.5. The fraction of sp³-hybridized carbons (Fsp3) is 0.129. The Kier molecular flexibility index (Phi) is 5.83. The molecule has 1 fully saturated rings. The molecular weight excluding hydrogens is 397 g/mol. The molecule has 1 aliphatic rings. The summed E-state index contributed by atoms with van der Waals surface area (Å²) >= 11 is 0. The van der Waals surface area contributed by atoms with Crippen LogP contribution in [0.15, 0.2) is 120 Å². The molecule has 5 rings (SSSR count). The van der Waals surface area contributed by atoms with Gasteiger partial charge in [0.2, 0.25) is 0 Å². The summed E-state index contributed by atoms with van der Waals surface area (Å²) in [7, 11) is 5.94. The summed E-state index contributed by atoms with van der Waals surface area (Å²) in [5.41, 5.74) is 8.87. The van der Waals surface area contributed by atoms with Crippen LogP contribution in [-0.2, 0) is 5.41 Å². The van der Waals surface area contributed by atoms with Crippen LogP contribution >= 0.6 is 0 Å². The van der Waals surface area contributed by atoms with E-state index in [-0.39, 0.29) is 5.41 Å². The molecule has 2 heteroatoms. The minimum Gasteiger partial charge on any atom is -0.253 e. The van der Waals surface area contributed by atoms with Gasteiger partial charge in [0.1, 0.15) is 7.85 Å². The monoisotopic (exact) mass is 423 g/mol. The SMILES string of the molecule is [B]c1ccc(C2(/C=C(\N=C(C)c3ccccc3)c3ccc(-c4ccccc4)cc3)CC2)cc1. The lowest BCUT2D eigenvalue weighted by Gasteiger charge is -2.15. The van der Waals surface area contributed by atoms with Crippen LogP contribution in [0.2, 0.25) is 0 Å². The van der Waals surface area contributed by atoms with Gasteiger partial charge in [-0.15, -0.1) is 0 Å². The van der Waals surface area contributed by atoms with Crippen molar-refractivity contribution in [3.05, 3.63) is 132 Å². The van der Waals surface area contributed by atoms with Crippen LogP contribution in [0.1, 0.15) is 36.5 Å². The number of nitrogens with zero attached hydrogens (tertiary/aromatic N) is 1. The molecule has 0 saturated heterocycles. The number of hydrogen-bond acceptors (Lipinski definition) is 1. The molecule has 1 saturated carbocycles. The summed E-state index contributed by atoms with van der Waals surface area (Å²) < 4.78 is 0. The van der Waals surface area contributed by atoms with Gasteiger partial charge in [-0.2, -0.15) is 0 Å². The molecule has 0 spiro atoms. The lowest BCUT2D eigenvalue weighted by atomic mass is 9.89. The number of hydrogen-bond donors (Lipinski definition) is 0. The molecule has 4 aromatic rings. The highest BCUT2D eigenvalue weighted by molar-refractivity contribution is 6.32. The highest BCUT2D eigenvalue weighted by Gasteiger charge is 2.42. The molecule has 158 valence electrons. The molecule has 0 aliphatic heterocycles. The Morgan fingerprint density at radius 3 is 1.88 bits per heavy atom. The Labute approximate surface area is 198 Å². The number of benzene rings is 4. The maximum absolute atomic E-state index is 5.94. The Morgan fingerprint density at radius 2 is 1.27 bits per heavy atom. The van der Waals surface area contributed by atoms with Crippen LogP contribution in [0.4, 0.5) is 0 Å². The van der Waals surface area contributed by atoms with E-state index >= 15 is 0 Å². The number of allylic oxidation sites excluding steroid dienone is 1. The Hall–Kier alpha value is -3.65. The van der Waals surface area contributed by atoms with Gasteiger partial charge < -0.3 is 0 Å². The van der Waals surface area contributed by atoms with Crippen molar-refractivity contribution in [1.29, 1.82) is 0 Å². The quantitative estimate of drug-likeness (QED) is 0.241. The Morgan fingerprint density at radius 1 is 0.697 bits per heavy atom. The average Bonchev–Trinajstić information content (AvgIpc) is 3.66. The van der Waals surface area contributed by atoms with E-state index in [2.05, 4.69) is 97.9 Å². The van der Waals surface area contributed by atoms with Gasteiger partial charge >= 0.3 is 0 Å². The van der Waals surface area contributed by atoms with E-state index in [0.717, 1.165) is 40.8 Å². The summed E-state index contributed by atoms with van der Waals surface area (Å²) in [6, 6.07) is 37.9. The van der Waals surface area contributed by atoms with Crippen molar-refractivity contribution >= 4 is 24.7 Å². The van der Waals surface area contributed by atoms with Crippen molar-refractivity contribution in [2.45, 2.75) is 25.2 Å². The highest BCUT2D eigenvalue weighted by Crippen LogP contribution is 2.51. The van der Waals surface area contributed by atoms with Crippen molar-refractivity contribution in [1.82, 2.24) is 0 Å². The van der Waals surface area contributed by atoms with Gasteiger partial charge in [0, 0.05) is 11.1 Å². The molecule has 1 aliphatic carbocycles. The molecule has 0 amide bonds. The van der Waals surface area contributed by atoms with Crippen molar-refractivity contribution < 1.29 is 0 Å². The van der Waals surface area contributed by atoms with Crippen LogP contribution in [0.5, 0.6) is 0 Å². The van der Waals surface area contributed by atoms with Crippen molar-refractivity contribution in [3.63, 3.8) is 0 Å². The largest absolute Gasteiger partial charge is 0.253 e.